The molecule has 0 aliphatic carbocycles. The van der Waals surface area contributed by atoms with Gasteiger partial charge in [-0.05, 0) is 72.5 Å². The van der Waals surface area contributed by atoms with Crippen LogP contribution in [0.5, 0.6) is 0 Å². The number of halogens is 1. The zero-order valence-electron chi connectivity index (χ0n) is 18.6. The monoisotopic (exact) mass is 426 g/mol. The van der Waals surface area contributed by atoms with Gasteiger partial charge in [-0.3, -0.25) is 4.79 Å². The van der Waals surface area contributed by atoms with Crippen molar-refractivity contribution in [1.29, 1.82) is 0 Å². The fourth-order valence-corrected chi connectivity index (χ4v) is 4.12. The molecule has 0 radical (unpaired) electrons. The molecule has 30 heavy (non-hydrogen) atoms. The summed E-state index contributed by atoms with van der Waals surface area (Å²) in [5.74, 6) is 0.365. The Labute approximate surface area is 186 Å². The van der Waals surface area contributed by atoms with Gasteiger partial charge in [-0.1, -0.05) is 62.7 Å². The van der Waals surface area contributed by atoms with E-state index in [2.05, 4.69) is 61.7 Å². The summed E-state index contributed by atoms with van der Waals surface area (Å²) in [6.45, 7) is 9.31. The van der Waals surface area contributed by atoms with Crippen molar-refractivity contribution in [2.24, 2.45) is 5.41 Å². The third kappa shape index (κ3) is 6.85. The Morgan fingerprint density at radius 3 is 2.43 bits per heavy atom. The van der Waals surface area contributed by atoms with Crippen molar-refractivity contribution in [2.45, 2.75) is 65.8 Å². The van der Waals surface area contributed by atoms with Crippen molar-refractivity contribution in [3.63, 3.8) is 0 Å². The van der Waals surface area contributed by atoms with E-state index in [0.717, 1.165) is 56.0 Å². The van der Waals surface area contributed by atoms with Crippen molar-refractivity contribution < 1.29 is 4.79 Å². The maximum atomic E-state index is 12.1. The molecule has 2 aromatic carbocycles. The van der Waals surface area contributed by atoms with Crippen LogP contribution < -0.4 is 10.6 Å². The van der Waals surface area contributed by atoms with Crippen LogP contribution in [0.1, 0.15) is 62.3 Å². The maximum absolute atomic E-state index is 12.1. The lowest BCUT2D eigenvalue weighted by atomic mass is 9.89. The number of rotatable bonds is 8. The minimum absolute atomic E-state index is 0.223. The molecule has 1 aliphatic rings. The van der Waals surface area contributed by atoms with Crippen molar-refractivity contribution in [3.8, 4) is 0 Å². The molecule has 162 valence electrons. The van der Waals surface area contributed by atoms with E-state index in [4.69, 9.17) is 11.6 Å². The average Bonchev–Trinajstić information content (AvgIpc) is 2.96. The highest BCUT2D eigenvalue weighted by molar-refractivity contribution is 6.33. The number of fused-ring (bicyclic) bond motifs is 1. The number of hydrogen-bond acceptors (Lipinski definition) is 3. The minimum atomic E-state index is 0.223. The van der Waals surface area contributed by atoms with Gasteiger partial charge < -0.3 is 10.6 Å². The predicted molar refractivity (Wildman–Crippen MR) is 128 cm³/mol. The normalized spacial score (nSPS) is 14.1. The van der Waals surface area contributed by atoms with Crippen LogP contribution in [-0.2, 0) is 30.6 Å². The number of nitrogens with one attached hydrogen (secondary N) is 2. The molecule has 0 atom stereocenters. The molecule has 3 nitrogen and oxygen atoms in total. The standard InChI is InChI=1S/C26H35ClN2O/c1-26(2,3)15-12-22(30)10-8-19-4-6-20(7-5-19)18-29-25-23-14-17-28-16-13-21(23)9-11-24(25)27/h4-7,9,11,28-29H,8,10,12-18H2,1-3H3. The van der Waals surface area contributed by atoms with Gasteiger partial charge in [-0.25, -0.2) is 0 Å². The number of Topliss-reactive ketones (excluding diaryl/α,β-unsaturated/α-hetero) is 1. The molecule has 1 heterocycles. The van der Waals surface area contributed by atoms with E-state index in [0.29, 0.717) is 18.6 Å². The van der Waals surface area contributed by atoms with E-state index in [-0.39, 0.29) is 5.41 Å². The van der Waals surface area contributed by atoms with E-state index in [1.165, 1.54) is 22.3 Å². The number of hydrogen-bond donors (Lipinski definition) is 2. The first-order valence-electron chi connectivity index (χ1n) is 11.2. The smallest absolute Gasteiger partial charge is 0.133 e. The van der Waals surface area contributed by atoms with E-state index in [9.17, 15) is 4.79 Å². The van der Waals surface area contributed by atoms with E-state index < -0.39 is 0 Å². The van der Waals surface area contributed by atoms with Crippen LogP contribution in [0.25, 0.3) is 0 Å². The summed E-state index contributed by atoms with van der Waals surface area (Å²) in [7, 11) is 0. The van der Waals surface area contributed by atoms with Crippen LogP contribution in [0.2, 0.25) is 5.02 Å². The van der Waals surface area contributed by atoms with Crippen LogP contribution in [-0.4, -0.2) is 18.9 Å². The Bertz CT molecular complexity index is 853. The lowest BCUT2D eigenvalue weighted by molar-refractivity contribution is -0.119. The average molecular weight is 427 g/mol. The Morgan fingerprint density at radius 2 is 1.70 bits per heavy atom. The van der Waals surface area contributed by atoms with Gasteiger partial charge in [-0.15, -0.1) is 0 Å². The molecule has 0 fully saturated rings. The molecule has 0 spiro atoms. The molecule has 0 aromatic heterocycles. The molecule has 0 bridgehead atoms. The fourth-order valence-electron chi connectivity index (χ4n) is 3.87. The Kier molecular flexibility index (Phi) is 7.96. The summed E-state index contributed by atoms with van der Waals surface area (Å²) in [6.07, 6.45) is 5.14. The van der Waals surface area contributed by atoms with Crippen LogP contribution in [0, 0.1) is 5.41 Å². The number of aryl methyl sites for hydroxylation is 1. The first-order chi connectivity index (χ1) is 14.3. The third-order valence-electron chi connectivity index (χ3n) is 5.82. The van der Waals surface area contributed by atoms with Crippen molar-refractivity contribution >= 4 is 23.1 Å². The molecule has 3 rings (SSSR count). The highest BCUT2D eigenvalue weighted by Gasteiger charge is 2.15. The van der Waals surface area contributed by atoms with Gasteiger partial charge >= 0.3 is 0 Å². The summed E-state index contributed by atoms with van der Waals surface area (Å²) < 4.78 is 0. The van der Waals surface area contributed by atoms with E-state index >= 15 is 0 Å². The van der Waals surface area contributed by atoms with Crippen molar-refractivity contribution in [2.75, 3.05) is 18.4 Å². The second kappa shape index (κ2) is 10.5. The van der Waals surface area contributed by atoms with Gasteiger partial charge in [0, 0.05) is 19.4 Å². The minimum Gasteiger partial charge on any atom is -0.380 e. The highest BCUT2D eigenvalue weighted by atomic mass is 35.5. The number of carbonyl (C=O) groups excluding carboxylic acids is 1. The van der Waals surface area contributed by atoms with Gasteiger partial charge in [0.15, 0.2) is 0 Å². The van der Waals surface area contributed by atoms with Crippen molar-refractivity contribution in [3.05, 3.63) is 63.7 Å². The quantitative estimate of drug-likeness (QED) is 0.546. The number of ketones is 1. The second-order valence-corrected chi connectivity index (χ2v) is 9.99. The first-order valence-corrected chi connectivity index (χ1v) is 11.5. The summed E-state index contributed by atoms with van der Waals surface area (Å²) in [4.78, 5) is 12.1. The van der Waals surface area contributed by atoms with Gasteiger partial charge in [-0.2, -0.15) is 0 Å². The van der Waals surface area contributed by atoms with Gasteiger partial charge in [0.05, 0.1) is 10.7 Å². The zero-order chi connectivity index (χ0) is 21.6. The van der Waals surface area contributed by atoms with Gasteiger partial charge in [0.25, 0.3) is 0 Å². The summed E-state index contributed by atoms with van der Waals surface area (Å²) in [5.41, 5.74) is 6.47. The van der Waals surface area contributed by atoms with E-state index in [1.54, 1.807) is 0 Å². The molecule has 2 N–H and O–H groups in total. The summed E-state index contributed by atoms with van der Waals surface area (Å²) in [6, 6.07) is 12.8. The van der Waals surface area contributed by atoms with Crippen LogP contribution in [0.4, 0.5) is 5.69 Å². The molecule has 0 saturated carbocycles. The highest BCUT2D eigenvalue weighted by Crippen LogP contribution is 2.31. The van der Waals surface area contributed by atoms with Crippen LogP contribution in [0.3, 0.4) is 0 Å². The van der Waals surface area contributed by atoms with Crippen LogP contribution >= 0.6 is 11.6 Å². The van der Waals surface area contributed by atoms with Gasteiger partial charge in [0.1, 0.15) is 5.78 Å². The Hall–Kier alpha value is -1.84. The number of benzene rings is 2. The topological polar surface area (TPSA) is 41.1 Å². The molecular weight excluding hydrogens is 392 g/mol. The molecule has 0 unspecified atom stereocenters. The van der Waals surface area contributed by atoms with Crippen molar-refractivity contribution in [1.82, 2.24) is 5.32 Å². The molecule has 1 aliphatic heterocycles. The van der Waals surface area contributed by atoms with Gasteiger partial charge in [0.2, 0.25) is 0 Å². The maximum Gasteiger partial charge on any atom is 0.133 e. The predicted octanol–water partition coefficient (Wildman–Crippen LogP) is 5.97. The molecule has 0 saturated heterocycles. The summed E-state index contributed by atoms with van der Waals surface area (Å²) in [5, 5.41) is 7.83. The molecule has 4 heteroatoms. The fraction of sp³-hybridized carbons (Fsp3) is 0.500. The van der Waals surface area contributed by atoms with Crippen LogP contribution in [0.15, 0.2) is 36.4 Å². The SMILES string of the molecule is CC(C)(C)CCC(=O)CCc1ccc(CNc2c(Cl)ccc3c2CCNCC3)cc1. The molecule has 2 aromatic rings. The lowest BCUT2D eigenvalue weighted by Gasteiger charge is -2.17. The largest absolute Gasteiger partial charge is 0.380 e. The van der Waals surface area contributed by atoms with E-state index in [1.807, 2.05) is 6.07 Å². The molecular formula is C26H35ClN2O. The zero-order valence-corrected chi connectivity index (χ0v) is 19.4. The third-order valence-corrected chi connectivity index (χ3v) is 6.14. The lowest BCUT2D eigenvalue weighted by Crippen LogP contribution is -2.16. The Balaban J connectivity index is 1.54. The Morgan fingerprint density at radius 1 is 1.00 bits per heavy atom. The summed E-state index contributed by atoms with van der Waals surface area (Å²) >= 11 is 6.52. The number of anilines is 1. The number of carbonyl (C=O) groups is 1. The molecule has 0 amide bonds. The second-order valence-electron chi connectivity index (χ2n) is 9.58. The first kappa shape index (κ1) is 22.8.